The predicted octanol–water partition coefficient (Wildman–Crippen LogP) is 7.61. The molecule has 0 aliphatic heterocycles. The first-order valence-electron chi connectivity index (χ1n) is 14.9. The average molecular weight is 641 g/mol. The van der Waals surface area contributed by atoms with Gasteiger partial charge in [0.05, 0.1) is 51.2 Å². The smallest absolute Gasteiger partial charge is 0.323 e. The molecule has 2 N–H and O–H groups in total. The zero-order valence-corrected chi connectivity index (χ0v) is 26.7. The molecule has 4 heterocycles. The van der Waals surface area contributed by atoms with Crippen LogP contribution in [0.2, 0.25) is 0 Å². The van der Waals surface area contributed by atoms with Gasteiger partial charge in [-0.2, -0.15) is 0 Å². The molecule has 240 valence electrons. The molecule has 0 fully saturated rings. The van der Waals surface area contributed by atoms with Crippen LogP contribution in [0.4, 0.5) is 16.2 Å². The van der Waals surface area contributed by atoms with Crippen LogP contribution < -0.4 is 29.6 Å². The van der Waals surface area contributed by atoms with Crippen LogP contribution in [0.3, 0.4) is 0 Å². The third kappa shape index (κ3) is 7.31. The Bertz CT molecular complexity index is 1810. The molecule has 2 amide bonds. The van der Waals surface area contributed by atoms with Crippen molar-refractivity contribution in [3.05, 3.63) is 109 Å². The Labute approximate surface area is 277 Å². The van der Waals surface area contributed by atoms with Gasteiger partial charge >= 0.3 is 6.03 Å². The number of pyridine rings is 4. The number of nitrogens with zero attached hydrogens (tertiary/aromatic N) is 4. The topological polar surface area (TPSA) is 130 Å². The van der Waals surface area contributed by atoms with Gasteiger partial charge in [0.1, 0.15) is 0 Å². The van der Waals surface area contributed by atoms with E-state index < -0.39 is 6.03 Å². The molecule has 0 radical (unpaired) electrons. The molecule has 2 aromatic carbocycles. The number of benzene rings is 2. The quantitative estimate of drug-likeness (QED) is 0.155. The van der Waals surface area contributed by atoms with Crippen molar-refractivity contribution in [3.63, 3.8) is 0 Å². The molecule has 0 unspecified atom stereocenters. The number of carbonyl (C=O) groups excluding carboxylic acids is 1. The highest BCUT2D eigenvalue weighted by molar-refractivity contribution is 6.01. The van der Waals surface area contributed by atoms with E-state index in [1.807, 2.05) is 84.9 Å². The maximum atomic E-state index is 13.6. The number of ether oxygens (including phenoxy) is 4. The van der Waals surface area contributed by atoms with Crippen molar-refractivity contribution >= 4 is 17.4 Å². The van der Waals surface area contributed by atoms with Crippen molar-refractivity contribution in [2.45, 2.75) is 0 Å². The maximum absolute atomic E-state index is 13.6. The van der Waals surface area contributed by atoms with Crippen LogP contribution in [-0.2, 0) is 0 Å². The summed E-state index contributed by atoms with van der Waals surface area (Å²) in [6, 6.07) is 32.8. The number of urea groups is 1. The summed E-state index contributed by atoms with van der Waals surface area (Å²) in [6.45, 7) is 0. The van der Waals surface area contributed by atoms with E-state index in [4.69, 9.17) is 18.9 Å². The number of amides is 2. The van der Waals surface area contributed by atoms with Crippen LogP contribution in [0.5, 0.6) is 23.5 Å². The first-order chi connectivity index (χ1) is 23.4. The lowest BCUT2D eigenvalue weighted by atomic mass is 10.0. The summed E-state index contributed by atoms with van der Waals surface area (Å²) >= 11 is 0. The van der Waals surface area contributed by atoms with Gasteiger partial charge in [-0.25, -0.2) is 24.7 Å². The van der Waals surface area contributed by atoms with E-state index in [-0.39, 0.29) is 0 Å². The van der Waals surface area contributed by atoms with E-state index in [2.05, 4.69) is 30.6 Å². The van der Waals surface area contributed by atoms with E-state index in [9.17, 15) is 4.79 Å². The molecule has 0 saturated heterocycles. The normalized spacial score (nSPS) is 10.6. The zero-order chi connectivity index (χ0) is 33.5. The summed E-state index contributed by atoms with van der Waals surface area (Å²) in [5.74, 6) is 1.88. The van der Waals surface area contributed by atoms with Crippen molar-refractivity contribution < 1.29 is 23.7 Å². The number of carbonyl (C=O) groups is 1. The molecular weight excluding hydrogens is 608 g/mol. The van der Waals surface area contributed by atoms with Crippen molar-refractivity contribution in [2.75, 3.05) is 39.1 Å². The number of rotatable bonds is 10. The van der Waals surface area contributed by atoms with Crippen LogP contribution in [0.25, 0.3) is 45.0 Å². The number of methoxy groups -OCH3 is 4. The van der Waals surface area contributed by atoms with Gasteiger partial charge < -0.3 is 29.6 Å². The van der Waals surface area contributed by atoms with Crippen LogP contribution in [0, 0.1) is 0 Å². The van der Waals surface area contributed by atoms with E-state index >= 15 is 0 Å². The first kappa shape index (κ1) is 31.5. The van der Waals surface area contributed by atoms with Gasteiger partial charge in [-0.3, -0.25) is 0 Å². The lowest BCUT2D eigenvalue weighted by Gasteiger charge is -2.14. The summed E-state index contributed by atoms with van der Waals surface area (Å²) in [5, 5.41) is 5.97. The van der Waals surface area contributed by atoms with Crippen molar-refractivity contribution in [3.8, 4) is 68.5 Å². The Morgan fingerprint density at radius 3 is 0.958 bits per heavy atom. The fourth-order valence-corrected chi connectivity index (χ4v) is 5.04. The number of anilines is 2. The fourth-order valence-electron chi connectivity index (χ4n) is 5.04. The highest BCUT2D eigenvalue weighted by atomic mass is 16.5. The second kappa shape index (κ2) is 14.3. The minimum Gasteiger partial charge on any atom is -0.481 e. The number of hydrogen-bond donors (Lipinski definition) is 2. The van der Waals surface area contributed by atoms with Crippen molar-refractivity contribution in [1.82, 2.24) is 19.9 Å². The van der Waals surface area contributed by atoms with Gasteiger partial charge in [0.25, 0.3) is 0 Å². The lowest BCUT2D eigenvalue weighted by Crippen LogP contribution is -2.19. The summed E-state index contributed by atoms with van der Waals surface area (Å²) in [6.07, 6.45) is 0. The highest BCUT2D eigenvalue weighted by Gasteiger charge is 2.14. The lowest BCUT2D eigenvalue weighted by molar-refractivity contribution is 0.262. The van der Waals surface area contributed by atoms with Crippen molar-refractivity contribution in [2.24, 2.45) is 0 Å². The molecule has 0 aliphatic rings. The van der Waals surface area contributed by atoms with Gasteiger partial charge in [0, 0.05) is 57.9 Å². The molecule has 0 aliphatic carbocycles. The minimum atomic E-state index is -0.462. The molecule has 0 atom stereocenters. The second-order valence-corrected chi connectivity index (χ2v) is 10.4. The molecule has 11 heteroatoms. The molecule has 48 heavy (non-hydrogen) atoms. The Morgan fingerprint density at radius 1 is 0.438 bits per heavy atom. The van der Waals surface area contributed by atoms with Gasteiger partial charge in [-0.15, -0.1) is 0 Å². The van der Waals surface area contributed by atoms with E-state index in [1.54, 1.807) is 52.7 Å². The molecule has 0 saturated carbocycles. The monoisotopic (exact) mass is 640 g/mol. The number of hydrogen-bond acceptors (Lipinski definition) is 9. The molecule has 0 spiro atoms. The minimum absolute atomic E-state index is 0.462. The van der Waals surface area contributed by atoms with Crippen LogP contribution >= 0.6 is 0 Å². The number of nitrogens with one attached hydrogen (secondary N) is 2. The third-order valence-corrected chi connectivity index (χ3v) is 7.30. The molecule has 6 aromatic rings. The van der Waals surface area contributed by atoms with Gasteiger partial charge in [0.2, 0.25) is 23.5 Å². The third-order valence-electron chi connectivity index (χ3n) is 7.30. The zero-order valence-electron chi connectivity index (χ0n) is 26.7. The summed E-state index contributed by atoms with van der Waals surface area (Å²) in [7, 11) is 6.26. The predicted molar refractivity (Wildman–Crippen MR) is 185 cm³/mol. The first-order valence-corrected chi connectivity index (χ1v) is 14.9. The van der Waals surface area contributed by atoms with Gasteiger partial charge in [0.15, 0.2) is 0 Å². The molecule has 6 rings (SSSR count). The van der Waals surface area contributed by atoms with Crippen molar-refractivity contribution in [1.29, 1.82) is 0 Å². The summed E-state index contributed by atoms with van der Waals surface area (Å²) < 4.78 is 21.4. The molecule has 4 aromatic heterocycles. The van der Waals surface area contributed by atoms with Crippen LogP contribution in [-0.4, -0.2) is 54.4 Å². The highest BCUT2D eigenvalue weighted by Crippen LogP contribution is 2.33. The Hall–Kier alpha value is -6.49. The standard InChI is InChI=1S/C37H32N6O5/c1-45-33-13-5-9-29(40-33)23-17-24(30-10-6-14-34(41-30)46-2)20-27(19-23)38-37(44)39-28-21-25(31-11-7-15-35(42-31)47-3)18-26(22-28)32-12-8-16-36(43-32)48-4/h5-22H,1-4H3,(H2,38,39,44). The molecular formula is C37H32N6O5. The average Bonchev–Trinajstić information content (AvgIpc) is 3.14. The van der Waals surface area contributed by atoms with E-state index in [0.717, 1.165) is 22.3 Å². The number of aromatic nitrogens is 4. The Morgan fingerprint density at radius 2 is 0.708 bits per heavy atom. The maximum Gasteiger partial charge on any atom is 0.323 e. The van der Waals surface area contributed by atoms with E-state index in [1.165, 1.54) is 0 Å². The summed E-state index contributed by atoms with van der Waals surface area (Å²) in [4.78, 5) is 32.0. The fraction of sp³-hybridized carbons (Fsp3) is 0.108. The second-order valence-electron chi connectivity index (χ2n) is 10.4. The van der Waals surface area contributed by atoms with Gasteiger partial charge in [-0.1, -0.05) is 24.3 Å². The largest absolute Gasteiger partial charge is 0.481 e. The Balaban J connectivity index is 1.36. The summed E-state index contributed by atoms with van der Waals surface area (Å²) in [5.41, 5.74) is 6.71. The molecule has 0 bridgehead atoms. The van der Waals surface area contributed by atoms with Crippen LogP contribution in [0.1, 0.15) is 0 Å². The van der Waals surface area contributed by atoms with E-state index in [0.29, 0.717) is 57.7 Å². The Kier molecular flexibility index (Phi) is 9.38. The van der Waals surface area contributed by atoms with Crippen LogP contribution in [0.15, 0.2) is 109 Å². The van der Waals surface area contributed by atoms with Gasteiger partial charge in [-0.05, 0) is 60.7 Å². The molecule has 11 nitrogen and oxygen atoms in total. The SMILES string of the molecule is COc1cccc(-c2cc(NC(=O)Nc3cc(-c4cccc(OC)n4)cc(-c4cccc(OC)n4)c3)cc(-c3cccc(OC)n3)c2)n1.